The maximum atomic E-state index is 13.6. The molecule has 0 radical (unpaired) electrons. The summed E-state index contributed by atoms with van der Waals surface area (Å²) in [6, 6.07) is 7.23. The molecule has 33 heavy (non-hydrogen) atoms. The van der Waals surface area contributed by atoms with Crippen molar-refractivity contribution in [2.45, 2.75) is 32.4 Å². The first kappa shape index (κ1) is 24.5. The summed E-state index contributed by atoms with van der Waals surface area (Å²) in [6.45, 7) is 2.26. The number of pyridine rings is 1. The van der Waals surface area contributed by atoms with E-state index in [9.17, 15) is 18.0 Å². The first-order valence-electron chi connectivity index (χ1n) is 10.4. The summed E-state index contributed by atoms with van der Waals surface area (Å²) < 4.78 is 46.0. The predicted molar refractivity (Wildman–Crippen MR) is 123 cm³/mol. The fourth-order valence-corrected chi connectivity index (χ4v) is 3.72. The third-order valence-corrected chi connectivity index (χ3v) is 5.48. The van der Waals surface area contributed by atoms with Gasteiger partial charge in [0.05, 0.1) is 23.4 Å². The third-order valence-electron chi connectivity index (χ3n) is 4.72. The maximum absolute atomic E-state index is 13.6. The second kappa shape index (κ2) is 10.7. The van der Waals surface area contributed by atoms with E-state index in [4.69, 9.17) is 4.74 Å². The van der Waals surface area contributed by atoms with Crippen molar-refractivity contribution in [3.63, 3.8) is 0 Å². The van der Waals surface area contributed by atoms with Crippen molar-refractivity contribution in [1.82, 2.24) is 14.9 Å². The number of hydrogen-bond donors (Lipinski definition) is 1. The number of alkyl halides is 3. The van der Waals surface area contributed by atoms with E-state index in [-0.39, 0.29) is 24.0 Å². The molecule has 176 valence electrons. The molecule has 0 aliphatic carbocycles. The number of ether oxygens (including phenoxy) is 1. The second-order valence-electron chi connectivity index (χ2n) is 7.56. The number of anilines is 2. The number of aromatic nitrogens is 2. The summed E-state index contributed by atoms with van der Waals surface area (Å²) >= 11 is 1.24. The third kappa shape index (κ3) is 6.44. The molecular weight excluding hydrogens is 453 g/mol. The topological polar surface area (TPSA) is 67.3 Å². The van der Waals surface area contributed by atoms with Gasteiger partial charge in [0.15, 0.2) is 5.13 Å². The summed E-state index contributed by atoms with van der Waals surface area (Å²) in [5, 5.41) is 5.08. The monoisotopic (exact) mass is 478 g/mol. The van der Waals surface area contributed by atoms with Gasteiger partial charge in [-0.2, -0.15) is 13.2 Å². The van der Waals surface area contributed by atoms with Gasteiger partial charge in [0.2, 0.25) is 0 Å². The van der Waals surface area contributed by atoms with Crippen LogP contribution in [-0.2, 0) is 6.18 Å². The van der Waals surface area contributed by atoms with E-state index in [1.165, 1.54) is 34.6 Å². The Morgan fingerprint density at radius 1 is 1.15 bits per heavy atom. The maximum Gasteiger partial charge on any atom is 0.420 e. The molecule has 0 bridgehead atoms. The average molecular weight is 479 g/mol. The summed E-state index contributed by atoms with van der Waals surface area (Å²) in [5.74, 6) is -0.339. The van der Waals surface area contributed by atoms with Gasteiger partial charge >= 0.3 is 6.18 Å². The Labute approximate surface area is 194 Å². The van der Waals surface area contributed by atoms with Gasteiger partial charge in [-0.05, 0) is 36.8 Å². The quantitative estimate of drug-likeness (QED) is 0.369. The van der Waals surface area contributed by atoms with Gasteiger partial charge in [-0.1, -0.05) is 19.8 Å². The van der Waals surface area contributed by atoms with Crippen molar-refractivity contribution in [2.75, 3.05) is 26.0 Å². The number of rotatable bonds is 9. The molecule has 0 aliphatic heterocycles. The van der Waals surface area contributed by atoms with Gasteiger partial charge < -0.3 is 15.0 Å². The van der Waals surface area contributed by atoms with E-state index in [1.54, 1.807) is 31.6 Å². The molecule has 0 saturated heterocycles. The highest BCUT2D eigenvalue weighted by molar-refractivity contribution is 7.14. The van der Waals surface area contributed by atoms with Crippen LogP contribution in [0.1, 0.15) is 42.1 Å². The zero-order chi connectivity index (χ0) is 24.0. The lowest BCUT2D eigenvalue weighted by Gasteiger charge is -2.15. The first-order valence-corrected chi connectivity index (χ1v) is 11.3. The smallest absolute Gasteiger partial charge is 0.420 e. The van der Waals surface area contributed by atoms with Crippen LogP contribution in [0.25, 0.3) is 11.4 Å². The van der Waals surface area contributed by atoms with Crippen LogP contribution in [0.3, 0.4) is 0 Å². The normalized spacial score (nSPS) is 11.3. The Hall–Kier alpha value is -3.14. The standard InChI is InChI=1S/C23H25F3N4O2S/c1-4-5-6-11-32-20-10-8-16(12-17(20)23(24,25)26)28-22-29-19(14-33-22)18-9-7-15(13-27-18)21(31)30(2)3/h7-10,12-14H,4-6,11H2,1-3H3,(H,28,29). The number of carbonyl (C=O) groups is 1. The Morgan fingerprint density at radius 3 is 2.58 bits per heavy atom. The molecule has 1 N–H and O–H groups in total. The molecule has 0 atom stereocenters. The fraction of sp³-hybridized carbons (Fsp3) is 0.348. The van der Waals surface area contributed by atoms with Crippen LogP contribution in [0.5, 0.6) is 5.75 Å². The van der Waals surface area contributed by atoms with Crippen LogP contribution in [0, 0.1) is 0 Å². The SMILES string of the molecule is CCCCCOc1ccc(Nc2nc(-c3ccc(C(=O)N(C)C)cn3)cs2)cc1C(F)(F)F. The number of carbonyl (C=O) groups excluding carboxylic acids is 1. The average Bonchev–Trinajstić information content (AvgIpc) is 3.24. The van der Waals surface area contributed by atoms with Crippen molar-refractivity contribution in [3.05, 3.63) is 53.0 Å². The number of nitrogens with zero attached hydrogens (tertiary/aromatic N) is 3. The molecule has 0 saturated carbocycles. The van der Waals surface area contributed by atoms with Crippen LogP contribution >= 0.6 is 11.3 Å². The van der Waals surface area contributed by atoms with Crippen LogP contribution in [0.15, 0.2) is 41.9 Å². The van der Waals surface area contributed by atoms with Gasteiger partial charge in [-0.25, -0.2) is 4.98 Å². The predicted octanol–water partition coefficient (Wildman–Crippen LogP) is 6.24. The molecule has 1 amide bonds. The molecule has 6 nitrogen and oxygen atoms in total. The van der Waals surface area contributed by atoms with E-state index in [0.717, 1.165) is 18.9 Å². The van der Waals surface area contributed by atoms with E-state index in [2.05, 4.69) is 15.3 Å². The Balaban J connectivity index is 1.74. The molecule has 3 rings (SSSR count). The minimum Gasteiger partial charge on any atom is -0.493 e. The number of nitrogens with one attached hydrogen (secondary N) is 1. The van der Waals surface area contributed by atoms with Crippen LogP contribution in [0.4, 0.5) is 24.0 Å². The van der Waals surface area contributed by atoms with Crippen molar-refractivity contribution in [2.24, 2.45) is 0 Å². The number of benzene rings is 1. The Morgan fingerprint density at radius 2 is 1.94 bits per heavy atom. The van der Waals surface area contributed by atoms with Crippen molar-refractivity contribution >= 4 is 28.1 Å². The van der Waals surface area contributed by atoms with E-state index >= 15 is 0 Å². The molecule has 2 heterocycles. The summed E-state index contributed by atoms with van der Waals surface area (Å²) in [4.78, 5) is 22.1. The zero-order valence-corrected chi connectivity index (χ0v) is 19.4. The van der Waals surface area contributed by atoms with Gasteiger partial charge in [0.1, 0.15) is 11.4 Å². The highest BCUT2D eigenvalue weighted by Crippen LogP contribution is 2.39. The van der Waals surface area contributed by atoms with E-state index in [1.807, 2.05) is 6.92 Å². The van der Waals surface area contributed by atoms with Crippen molar-refractivity contribution in [1.29, 1.82) is 0 Å². The number of hydrogen-bond acceptors (Lipinski definition) is 6. The molecule has 10 heteroatoms. The summed E-state index contributed by atoms with van der Waals surface area (Å²) in [6.07, 6.45) is -0.507. The largest absolute Gasteiger partial charge is 0.493 e. The second-order valence-corrected chi connectivity index (χ2v) is 8.42. The lowest BCUT2D eigenvalue weighted by Crippen LogP contribution is -2.21. The summed E-state index contributed by atoms with van der Waals surface area (Å²) in [7, 11) is 3.31. The molecule has 0 aliphatic rings. The van der Waals surface area contributed by atoms with Gasteiger partial charge in [0.25, 0.3) is 5.91 Å². The minimum absolute atomic E-state index is 0.159. The van der Waals surface area contributed by atoms with Crippen molar-refractivity contribution in [3.8, 4) is 17.1 Å². The number of unbranched alkanes of at least 4 members (excludes halogenated alkanes) is 2. The Bertz CT molecular complexity index is 1080. The molecular formula is C23H25F3N4O2S. The van der Waals surface area contributed by atoms with Crippen LogP contribution < -0.4 is 10.1 Å². The van der Waals surface area contributed by atoms with E-state index in [0.29, 0.717) is 28.5 Å². The highest BCUT2D eigenvalue weighted by Gasteiger charge is 2.34. The number of amides is 1. The van der Waals surface area contributed by atoms with Crippen LogP contribution in [0.2, 0.25) is 0 Å². The molecule has 0 unspecified atom stereocenters. The first-order chi connectivity index (χ1) is 15.7. The molecule has 3 aromatic rings. The molecule has 0 spiro atoms. The number of thiazole rings is 1. The van der Waals surface area contributed by atoms with Crippen LogP contribution in [-0.4, -0.2) is 41.5 Å². The van der Waals surface area contributed by atoms with Crippen molar-refractivity contribution < 1.29 is 22.7 Å². The zero-order valence-electron chi connectivity index (χ0n) is 18.6. The molecule has 0 fully saturated rings. The lowest BCUT2D eigenvalue weighted by atomic mass is 10.1. The molecule has 1 aromatic carbocycles. The summed E-state index contributed by atoms with van der Waals surface area (Å²) in [5.41, 5.74) is 0.987. The van der Waals surface area contributed by atoms with Gasteiger partial charge in [-0.3, -0.25) is 9.78 Å². The van der Waals surface area contributed by atoms with Gasteiger partial charge in [-0.15, -0.1) is 11.3 Å². The van der Waals surface area contributed by atoms with E-state index < -0.39 is 11.7 Å². The highest BCUT2D eigenvalue weighted by atomic mass is 32.1. The van der Waals surface area contributed by atoms with Gasteiger partial charge in [0, 0.05) is 31.4 Å². The Kier molecular flexibility index (Phi) is 7.91. The molecule has 2 aromatic heterocycles. The minimum atomic E-state index is -4.54. The fourth-order valence-electron chi connectivity index (χ4n) is 2.99. The number of halogens is 3. The lowest BCUT2D eigenvalue weighted by molar-refractivity contribution is -0.138.